The Kier molecular flexibility index (Phi) is 6.22. The van der Waals surface area contributed by atoms with Crippen LogP contribution >= 0.6 is 0 Å². The average Bonchev–Trinajstić information content (AvgIpc) is 2.46. The molecule has 0 bridgehead atoms. The number of ketones is 1. The Morgan fingerprint density at radius 1 is 1.25 bits per heavy atom. The van der Waals surface area contributed by atoms with Gasteiger partial charge in [-0.25, -0.2) is 0 Å². The lowest BCUT2D eigenvalue weighted by molar-refractivity contribution is -0.129. The summed E-state index contributed by atoms with van der Waals surface area (Å²) in [6, 6.07) is 7.05. The Hall–Kier alpha value is -1.84. The molecule has 0 aliphatic rings. The molecule has 0 aliphatic heterocycles. The number of nitrogens with one attached hydrogen (secondary N) is 1. The molecule has 0 spiro atoms. The number of hydrogen-bond acceptors (Lipinski definition) is 3. The van der Waals surface area contributed by atoms with Gasteiger partial charge in [0.1, 0.15) is 5.75 Å². The Bertz CT molecular complexity index is 453. The van der Waals surface area contributed by atoms with Crippen LogP contribution in [0, 0.1) is 5.92 Å². The van der Waals surface area contributed by atoms with E-state index in [4.69, 9.17) is 4.74 Å². The predicted octanol–water partition coefficient (Wildman–Crippen LogP) is 2.36. The highest BCUT2D eigenvalue weighted by Crippen LogP contribution is 2.13. The van der Waals surface area contributed by atoms with E-state index in [-0.39, 0.29) is 17.6 Å². The number of rotatable bonds is 7. The van der Waals surface area contributed by atoms with Crippen LogP contribution in [0.4, 0.5) is 0 Å². The quantitative estimate of drug-likeness (QED) is 0.832. The third kappa shape index (κ3) is 4.68. The lowest BCUT2D eigenvalue weighted by atomic mass is 10.0. The molecule has 0 saturated carbocycles. The normalized spacial score (nSPS) is 13.4. The van der Waals surface area contributed by atoms with Gasteiger partial charge in [0.25, 0.3) is 0 Å². The summed E-state index contributed by atoms with van der Waals surface area (Å²) in [6.07, 6.45) is 1.26. The topological polar surface area (TPSA) is 55.4 Å². The molecule has 1 N–H and O–H groups in total. The summed E-state index contributed by atoms with van der Waals surface area (Å²) in [6.45, 7) is 5.32. The Morgan fingerprint density at radius 3 is 2.30 bits per heavy atom. The van der Waals surface area contributed by atoms with Crippen molar-refractivity contribution in [1.82, 2.24) is 5.32 Å². The van der Waals surface area contributed by atoms with E-state index >= 15 is 0 Å². The molecule has 110 valence electrons. The summed E-state index contributed by atoms with van der Waals surface area (Å²) >= 11 is 0. The lowest BCUT2D eigenvalue weighted by Gasteiger charge is -2.18. The molecule has 0 radical (unpaired) electrons. The maximum atomic E-state index is 11.9. The fourth-order valence-corrected chi connectivity index (χ4v) is 1.79. The molecule has 0 heterocycles. The van der Waals surface area contributed by atoms with Crippen LogP contribution in [0.5, 0.6) is 5.75 Å². The third-order valence-electron chi connectivity index (χ3n) is 3.47. The Labute approximate surface area is 120 Å². The summed E-state index contributed by atoms with van der Waals surface area (Å²) in [5.41, 5.74) is 0.996. The van der Waals surface area contributed by atoms with Gasteiger partial charge in [0.05, 0.1) is 13.2 Å². The molecule has 0 unspecified atom stereocenters. The van der Waals surface area contributed by atoms with Crippen molar-refractivity contribution >= 4 is 11.7 Å². The first kappa shape index (κ1) is 16.2. The van der Waals surface area contributed by atoms with Gasteiger partial charge in [-0.2, -0.15) is 0 Å². The zero-order valence-corrected chi connectivity index (χ0v) is 12.6. The van der Waals surface area contributed by atoms with Gasteiger partial charge in [0, 0.05) is 5.92 Å². The minimum atomic E-state index is -0.468. The van der Waals surface area contributed by atoms with Crippen molar-refractivity contribution in [3.05, 3.63) is 29.8 Å². The molecule has 0 aliphatic carbocycles. The first-order valence-corrected chi connectivity index (χ1v) is 6.91. The van der Waals surface area contributed by atoms with E-state index in [1.807, 2.05) is 38.1 Å². The lowest BCUT2D eigenvalue weighted by Crippen LogP contribution is -2.43. The zero-order valence-electron chi connectivity index (χ0n) is 12.6. The summed E-state index contributed by atoms with van der Waals surface area (Å²) < 4.78 is 5.10. The smallest absolute Gasteiger partial charge is 0.223 e. The standard InChI is InChI=1S/C16H23NO3/c1-5-11(2)16(19)17-15(12(3)18)10-13-6-8-14(20-4)9-7-13/h6-9,11,15H,5,10H2,1-4H3,(H,17,19)/t11-,15+/m0/s1. The molecular weight excluding hydrogens is 254 g/mol. The largest absolute Gasteiger partial charge is 0.497 e. The van der Waals surface area contributed by atoms with Crippen LogP contribution in [0.3, 0.4) is 0 Å². The summed E-state index contributed by atoms with van der Waals surface area (Å²) in [5, 5.41) is 2.82. The number of methoxy groups -OCH3 is 1. The van der Waals surface area contributed by atoms with Crippen molar-refractivity contribution < 1.29 is 14.3 Å². The monoisotopic (exact) mass is 277 g/mol. The third-order valence-corrected chi connectivity index (χ3v) is 3.47. The molecule has 1 aromatic rings. The van der Waals surface area contributed by atoms with E-state index in [1.54, 1.807) is 7.11 Å². The fraction of sp³-hybridized carbons (Fsp3) is 0.500. The Morgan fingerprint density at radius 2 is 1.85 bits per heavy atom. The number of carbonyl (C=O) groups excluding carboxylic acids is 2. The highest BCUT2D eigenvalue weighted by Gasteiger charge is 2.20. The predicted molar refractivity (Wildman–Crippen MR) is 78.8 cm³/mol. The number of ether oxygens (including phenoxy) is 1. The first-order chi connectivity index (χ1) is 9.47. The van der Waals surface area contributed by atoms with Crippen LogP contribution in [0.15, 0.2) is 24.3 Å². The highest BCUT2D eigenvalue weighted by molar-refractivity contribution is 5.88. The van der Waals surface area contributed by atoms with Gasteiger partial charge in [-0.15, -0.1) is 0 Å². The van der Waals surface area contributed by atoms with Gasteiger partial charge in [-0.3, -0.25) is 9.59 Å². The maximum absolute atomic E-state index is 11.9. The molecule has 4 heteroatoms. The zero-order chi connectivity index (χ0) is 15.1. The number of benzene rings is 1. The van der Waals surface area contributed by atoms with E-state index in [2.05, 4.69) is 5.32 Å². The van der Waals surface area contributed by atoms with E-state index in [0.29, 0.717) is 6.42 Å². The summed E-state index contributed by atoms with van der Waals surface area (Å²) in [7, 11) is 1.61. The molecule has 0 fully saturated rings. The molecule has 4 nitrogen and oxygen atoms in total. The molecular formula is C16H23NO3. The van der Waals surface area contributed by atoms with Crippen molar-refractivity contribution in [3.8, 4) is 5.75 Å². The number of carbonyl (C=O) groups is 2. The first-order valence-electron chi connectivity index (χ1n) is 6.91. The van der Waals surface area contributed by atoms with Gasteiger partial charge in [0.15, 0.2) is 5.78 Å². The van der Waals surface area contributed by atoms with E-state index < -0.39 is 6.04 Å². The SMILES string of the molecule is CC[C@H](C)C(=O)N[C@H](Cc1ccc(OC)cc1)C(C)=O. The van der Waals surface area contributed by atoms with Crippen molar-refractivity contribution in [1.29, 1.82) is 0 Å². The minimum Gasteiger partial charge on any atom is -0.497 e. The fourth-order valence-electron chi connectivity index (χ4n) is 1.79. The molecule has 20 heavy (non-hydrogen) atoms. The maximum Gasteiger partial charge on any atom is 0.223 e. The molecule has 0 saturated heterocycles. The van der Waals surface area contributed by atoms with Crippen LogP contribution in [-0.2, 0) is 16.0 Å². The Balaban J connectivity index is 2.71. The van der Waals surface area contributed by atoms with Crippen molar-refractivity contribution in [2.45, 2.75) is 39.7 Å². The van der Waals surface area contributed by atoms with Gasteiger partial charge < -0.3 is 10.1 Å². The second-order valence-corrected chi connectivity index (χ2v) is 5.03. The minimum absolute atomic E-state index is 0.0301. The van der Waals surface area contributed by atoms with Crippen LogP contribution < -0.4 is 10.1 Å². The van der Waals surface area contributed by atoms with Gasteiger partial charge >= 0.3 is 0 Å². The molecule has 1 amide bonds. The molecule has 1 aromatic carbocycles. The highest BCUT2D eigenvalue weighted by atomic mass is 16.5. The van der Waals surface area contributed by atoms with Crippen LogP contribution in [0.25, 0.3) is 0 Å². The molecule has 0 aromatic heterocycles. The van der Waals surface area contributed by atoms with Gasteiger partial charge in [-0.05, 0) is 37.5 Å². The number of Topliss-reactive ketones (excluding diaryl/α,β-unsaturated/α-hetero) is 1. The molecule has 1 rings (SSSR count). The van der Waals surface area contributed by atoms with Crippen molar-refractivity contribution in [2.75, 3.05) is 7.11 Å². The second kappa shape index (κ2) is 7.68. The van der Waals surface area contributed by atoms with E-state index in [0.717, 1.165) is 17.7 Å². The van der Waals surface area contributed by atoms with Crippen LogP contribution in [-0.4, -0.2) is 24.8 Å². The van der Waals surface area contributed by atoms with E-state index in [9.17, 15) is 9.59 Å². The summed E-state index contributed by atoms with van der Waals surface area (Å²) in [4.78, 5) is 23.6. The van der Waals surface area contributed by atoms with Gasteiger partial charge in [0.2, 0.25) is 5.91 Å². The van der Waals surface area contributed by atoms with Crippen LogP contribution in [0.2, 0.25) is 0 Å². The second-order valence-electron chi connectivity index (χ2n) is 5.03. The molecule has 2 atom stereocenters. The average molecular weight is 277 g/mol. The number of hydrogen-bond donors (Lipinski definition) is 1. The van der Waals surface area contributed by atoms with Crippen molar-refractivity contribution in [2.24, 2.45) is 5.92 Å². The van der Waals surface area contributed by atoms with Crippen LogP contribution in [0.1, 0.15) is 32.8 Å². The van der Waals surface area contributed by atoms with Gasteiger partial charge in [-0.1, -0.05) is 26.0 Å². The van der Waals surface area contributed by atoms with Crippen molar-refractivity contribution in [3.63, 3.8) is 0 Å². The number of amides is 1. The summed E-state index contributed by atoms with van der Waals surface area (Å²) in [5.74, 6) is 0.600. The van der Waals surface area contributed by atoms with E-state index in [1.165, 1.54) is 6.92 Å².